The normalized spacial score (nSPS) is 12.1. The summed E-state index contributed by atoms with van der Waals surface area (Å²) in [5.74, 6) is -0.249. The summed E-state index contributed by atoms with van der Waals surface area (Å²) < 4.78 is 3.92. The Labute approximate surface area is 140 Å². The summed E-state index contributed by atoms with van der Waals surface area (Å²) in [6.45, 7) is 4.79. The minimum absolute atomic E-state index is 0.136. The fraction of sp³-hybridized carbons (Fsp3) is 0.462. The molecule has 0 aliphatic rings. The smallest absolute Gasteiger partial charge is 0.307 e. The van der Waals surface area contributed by atoms with Crippen LogP contribution in [0.3, 0.4) is 0 Å². The zero-order chi connectivity index (χ0) is 17.0. The predicted molar refractivity (Wildman–Crippen MR) is 85.7 cm³/mol. The lowest BCUT2D eigenvalue weighted by Crippen LogP contribution is -2.33. The molecular weight excluding hydrogens is 368 g/mol. The van der Waals surface area contributed by atoms with Crippen molar-refractivity contribution < 1.29 is 9.72 Å². The molecule has 0 aromatic carbocycles. The lowest BCUT2D eigenvalue weighted by atomic mass is 10.2. The average molecular weight is 385 g/mol. The van der Waals surface area contributed by atoms with Gasteiger partial charge in [-0.2, -0.15) is 10.2 Å². The van der Waals surface area contributed by atoms with Crippen molar-refractivity contribution in [2.75, 3.05) is 0 Å². The molecule has 9 nitrogen and oxygen atoms in total. The first-order valence-corrected chi connectivity index (χ1v) is 7.93. The van der Waals surface area contributed by atoms with E-state index in [1.165, 1.54) is 10.9 Å². The highest BCUT2D eigenvalue weighted by atomic mass is 79.9. The van der Waals surface area contributed by atoms with Gasteiger partial charge in [-0.1, -0.05) is 6.92 Å². The Morgan fingerprint density at radius 1 is 1.43 bits per heavy atom. The van der Waals surface area contributed by atoms with Crippen molar-refractivity contribution in [3.8, 4) is 0 Å². The van der Waals surface area contributed by atoms with Gasteiger partial charge >= 0.3 is 5.69 Å². The van der Waals surface area contributed by atoms with Gasteiger partial charge in [0.15, 0.2) is 0 Å². The highest BCUT2D eigenvalue weighted by Gasteiger charge is 2.22. The van der Waals surface area contributed by atoms with E-state index in [9.17, 15) is 14.9 Å². The number of hydrogen-bond acceptors (Lipinski definition) is 5. The fourth-order valence-electron chi connectivity index (χ4n) is 2.21. The molecule has 2 aromatic heterocycles. The highest BCUT2D eigenvalue weighted by molar-refractivity contribution is 9.10. The number of nitrogens with one attached hydrogen (secondary N) is 1. The van der Waals surface area contributed by atoms with E-state index >= 15 is 0 Å². The molecule has 2 heterocycles. The topological polar surface area (TPSA) is 108 Å². The Morgan fingerprint density at radius 3 is 2.74 bits per heavy atom. The van der Waals surface area contributed by atoms with Crippen molar-refractivity contribution in [3.63, 3.8) is 0 Å². The molecule has 0 spiro atoms. The summed E-state index contributed by atoms with van der Waals surface area (Å²) >= 11 is 3.40. The zero-order valence-electron chi connectivity index (χ0n) is 12.8. The van der Waals surface area contributed by atoms with E-state index < -0.39 is 11.0 Å². The summed E-state index contributed by atoms with van der Waals surface area (Å²) in [6, 6.07) is -0.597. The van der Waals surface area contributed by atoms with Gasteiger partial charge in [-0.05, 0) is 29.3 Å². The highest BCUT2D eigenvalue weighted by Crippen LogP contribution is 2.18. The third kappa shape index (κ3) is 3.76. The van der Waals surface area contributed by atoms with Crippen molar-refractivity contribution in [2.45, 2.75) is 39.4 Å². The maximum atomic E-state index is 12.4. The van der Waals surface area contributed by atoms with Gasteiger partial charge in [0.1, 0.15) is 18.4 Å². The van der Waals surface area contributed by atoms with Crippen LogP contribution in [0.25, 0.3) is 0 Å². The molecule has 2 rings (SSSR count). The summed E-state index contributed by atoms with van der Waals surface area (Å²) in [4.78, 5) is 22.6. The minimum Gasteiger partial charge on any atom is -0.349 e. The fourth-order valence-corrected chi connectivity index (χ4v) is 2.65. The molecule has 1 amide bonds. The molecule has 1 N–H and O–H groups in total. The van der Waals surface area contributed by atoms with Gasteiger partial charge in [0.05, 0.1) is 27.8 Å². The van der Waals surface area contributed by atoms with E-state index in [1.807, 2.05) is 13.8 Å². The summed E-state index contributed by atoms with van der Waals surface area (Å²) in [7, 11) is 0. The van der Waals surface area contributed by atoms with Crippen LogP contribution in [0.15, 0.2) is 23.1 Å². The summed E-state index contributed by atoms with van der Waals surface area (Å²) in [5, 5.41) is 21.6. The van der Waals surface area contributed by atoms with E-state index in [0.717, 1.165) is 16.4 Å². The third-order valence-corrected chi connectivity index (χ3v) is 4.10. The second kappa shape index (κ2) is 7.36. The van der Waals surface area contributed by atoms with Crippen LogP contribution in [0.5, 0.6) is 0 Å². The van der Waals surface area contributed by atoms with E-state index in [-0.39, 0.29) is 11.6 Å². The number of aromatic nitrogens is 4. The lowest BCUT2D eigenvalue weighted by Gasteiger charge is -2.15. The standard InChI is InChI=1S/C13H17BrN6O3/c1-3-11(19-8-9(5-16-19)20(22)23)13(21)15-7-12-10(14)6-17-18(12)4-2/h5-6,8,11H,3-4,7H2,1-2H3,(H,15,21). The number of nitrogens with zero attached hydrogens (tertiary/aromatic N) is 5. The first-order valence-electron chi connectivity index (χ1n) is 7.14. The maximum absolute atomic E-state index is 12.4. The van der Waals surface area contributed by atoms with Gasteiger partial charge in [0.2, 0.25) is 5.91 Å². The molecular formula is C13H17BrN6O3. The minimum atomic E-state index is -0.597. The average Bonchev–Trinajstić information content (AvgIpc) is 3.13. The van der Waals surface area contributed by atoms with Gasteiger partial charge in [-0.3, -0.25) is 24.3 Å². The first-order chi connectivity index (χ1) is 11.0. The van der Waals surface area contributed by atoms with Crippen LogP contribution in [0.4, 0.5) is 5.69 Å². The van der Waals surface area contributed by atoms with Crippen LogP contribution in [-0.4, -0.2) is 30.4 Å². The zero-order valence-corrected chi connectivity index (χ0v) is 14.4. The van der Waals surface area contributed by atoms with Crippen molar-refractivity contribution >= 4 is 27.5 Å². The lowest BCUT2D eigenvalue weighted by molar-refractivity contribution is -0.385. The Hall–Kier alpha value is -2.23. The largest absolute Gasteiger partial charge is 0.349 e. The van der Waals surface area contributed by atoms with Crippen molar-refractivity contribution in [1.29, 1.82) is 0 Å². The molecule has 0 radical (unpaired) electrons. The third-order valence-electron chi connectivity index (χ3n) is 3.43. The Kier molecular flexibility index (Phi) is 5.48. The number of halogens is 1. The Morgan fingerprint density at radius 2 is 2.17 bits per heavy atom. The molecule has 0 saturated carbocycles. The number of carbonyl (C=O) groups excluding carboxylic acids is 1. The van der Waals surface area contributed by atoms with Crippen LogP contribution in [0.1, 0.15) is 32.0 Å². The van der Waals surface area contributed by atoms with Crippen molar-refractivity contribution in [1.82, 2.24) is 24.9 Å². The molecule has 0 saturated heterocycles. The number of nitro groups is 1. The van der Waals surface area contributed by atoms with Gasteiger partial charge < -0.3 is 5.32 Å². The maximum Gasteiger partial charge on any atom is 0.307 e. The molecule has 23 heavy (non-hydrogen) atoms. The second-order valence-electron chi connectivity index (χ2n) is 4.83. The van der Waals surface area contributed by atoms with Crippen LogP contribution >= 0.6 is 15.9 Å². The SMILES string of the molecule is CCC(C(=O)NCc1c(Br)cnn1CC)n1cc([N+](=O)[O-])cn1. The van der Waals surface area contributed by atoms with Gasteiger partial charge in [-0.25, -0.2) is 0 Å². The molecule has 0 aliphatic heterocycles. The molecule has 0 bridgehead atoms. The monoisotopic (exact) mass is 384 g/mol. The Bertz CT molecular complexity index is 710. The molecule has 0 aliphatic carbocycles. The van der Waals surface area contributed by atoms with Gasteiger partial charge in [0, 0.05) is 6.54 Å². The van der Waals surface area contributed by atoms with E-state index in [2.05, 4.69) is 31.4 Å². The summed E-state index contributed by atoms with van der Waals surface area (Å²) in [5.41, 5.74) is 0.727. The molecule has 1 unspecified atom stereocenters. The van der Waals surface area contributed by atoms with E-state index in [0.29, 0.717) is 19.5 Å². The van der Waals surface area contributed by atoms with Gasteiger partial charge in [0.25, 0.3) is 0 Å². The van der Waals surface area contributed by atoms with Crippen LogP contribution in [0, 0.1) is 10.1 Å². The van der Waals surface area contributed by atoms with Crippen LogP contribution in [0.2, 0.25) is 0 Å². The van der Waals surface area contributed by atoms with E-state index in [4.69, 9.17) is 0 Å². The quantitative estimate of drug-likeness (QED) is 0.580. The van der Waals surface area contributed by atoms with Crippen molar-refractivity contribution in [2.24, 2.45) is 0 Å². The summed E-state index contributed by atoms with van der Waals surface area (Å²) in [6.07, 6.45) is 4.55. The molecule has 10 heteroatoms. The molecule has 124 valence electrons. The van der Waals surface area contributed by atoms with E-state index in [1.54, 1.807) is 10.9 Å². The first kappa shape index (κ1) is 17.1. The van der Waals surface area contributed by atoms with Crippen molar-refractivity contribution in [3.05, 3.63) is 38.9 Å². The number of aryl methyl sites for hydroxylation is 1. The number of hydrogen-bond donors (Lipinski definition) is 1. The number of amides is 1. The second-order valence-corrected chi connectivity index (χ2v) is 5.69. The van der Waals surface area contributed by atoms with Crippen LogP contribution in [-0.2, 0) is 17.9 Å². The Balaban J connectivity index is 2.08. The molecule has 0 fully saturated rings. The number of rotatable bonds is 7. The molecule has 2 aromatic rings. The predicted octanol–water partition coefficient (Wildman–Crippen LogP) is 2.04. The van der Waals surface area contributed by atoms with Crippen LogP contribution < -0.4 is 5.32 Å². The number of carbonyl (C=O) groups is 1. The van der Waals surface area contributed by atoms with Gasteiger partial charge in [-0.15, -0.1) is 0 Å². The molecule has 1 atom stereocenters.